The van der Waals surface area contributed by atoms with Gasteiger partial charge in [0.15, 0.2) is 0 Å². The minimum absolute atomic E-state index is 0.390. The maximum Gasteiger partial charge on any atom is 0.401 e. The number of halogens is 3. The fourth-order valence-corrected chi connectivity index (χ4v) is 3.15. The number of likely N-dealkylation sites (tertiary alicyclic amines) is 2. The second-order valence-electron chi connectivity index (χ2n) is 5.93. The van der Waals surface area contributed by atoms with Crippen molar-refractivity contribution in [1.29, 1.82) is 0 Å². The Balaban J connectivity index is 1.68. The summed E-state index contributed by atoms with van der Waals surface area (Å²) in [4.78, 5) is 3.84. The molecule has 0 saturated carbocycles. The maximum absolute atomic E-state index is 12.3. The fourth-order valence-electron chi connectivity index (χ4n) is 3.15. The summed E-state index contributed by atoms with van der Waals surface area (Å²) in [6.07, 6.45) is -0.00682. The third-order valence-electron chi connectivity index (χ3n) is 4.09. The Hall–Kier alpha value is -0.330. The van der Waals surface area contributed by atoms with Crippen molar-refractivity contribution in [3.8, 4) is 0 Å². The van der Waals surface area contributed by atoms with Gasteiger partial charge in [-0.1, -0.05) is 0 Å². The first-order valence-corrected chi connectivity index (χ1v) is 7.16. The first-order valence-electron chi connectivity index (χ1n) is 7.16. The number of alkyl halides is 3. The van der Waals surface area contributed by atoms with E-state index in [-0.39, 0.29) is 0 Å². The molecule has 3 nitrogen and oxygen atoms in total. The predicted octanol–water partition coefficient (Wildman–Crippen LogP) is 1.70. The normalized spacial score (nSPS) is 28.7. The minimum Gasteiger partial charge on any atom is -0.310 e. The second-order valence-corrected chi connectivity index (χ2v) is 5.93. The van der Waals surface area contributed by atoms with Gasteiger partial charge in [0.25, 0.3) is 0 Å². The molecular weight excluding hydrogens is 255 g/mol. The molecule has 1 unspecified atom stereocenters. The number of rotatable bonds is 3. The molecule has 2 heterocycles. The number of hydrogen-bond donors (Lipinski definition) is 1. The van der Waals surface area contributed by atoms with Crippen LogP contribution in [-0.2, 0) is 0 Å². The summed E-state index contributed by atoms with van der Waals surface area (Å²) in [5.74, 6) is 0. The molecule has 2 rings (SSSR count). The fraction of sp³-hybridized carbons (Fsp3) is 1.00. The number of nitrogens with zero attached hydrogens (tertiary/aromatic N) is 2. The Bertz CT molecular complexity index is 275. The summed E-state index contributed by atoms with van der Waals surface area (Å²) in [6, 6.07) is 0.902. The van der Waals surface area contributed by atoms with Crippen molar-refractivity contribution in [2.75, 3.05) is 39.8 Å². The lowest BCUT2D eigenvalue weighted by Gasteiger charge is -2.37. The zero-order valence-electron chi connectivity index (χ0n) is 11.5. The van der Waals surface area contributed by atoms with Gasteiger partial charge in [0.05, 0.1) is 6.54 Å². The number of piperidine rings is 2. The maximum atomic E-state index is 12.3. The largest absolute Gasteiger partial charge is 0.401 e. The van der Waals surface area contributed by atoms with Gasteiger partial charge in [-0.05, 0) is 52.4 Å². The summed E-state index contributed by atoms with van der Waals surface area (Å²) in [5, 5.41) is 3.62. The summed E-state index contributed by atoms with van der Waals surface area (Å²) < 4.78 is 36.9. The molecule has 0 aromatic rings. The average Bonchev–Trinajstić information content (AvgIpc) is 2.30. The lowest BCUT2D eigenvalue weighted by molar-refractivity contribution is -0.148. The van der Waals surface area contributed by atoms with E-state index in [2.05, 4.69) is 17.3 Å². The van der Waals surface area contributed by atoms with E-state index in [1.807, 2.05) is 0 Å². The second kappa shape index (κ2) is 6.41. The lowest BCUT2D eigenvalue weighted by atomic mass is 10.0. The van der Waals surface area contributed by atoms with Crippen LogP contribution in [0, 0.1) is 0 Å². The molecule has 0 bridgehead atoms. The summed E-state index contributed by atoms with van der Waals surface area (Å²) in [7, 11) is 2.12. The van der Waals surface area contributed by atoms with Crippen LogP contribution in [0.5, 0.6) is 0 Å². The molecule has 0 spiro atoms. The SMILES string of the molecule is CN1CCCC(NC2CCN(CC(F)(F)F)CC2)C1. The van der Waals surface area contributed by atoms with E-state index in [0.717, 1.165) is 25.9 Å². The highest BCUT2D eigenvalue weighted by Crippen LogP contribution is 2.20. The highest BCUT2D eigenvalue weighted by molar-refractivity contribution is 4.84. The molecule has 19 heavy (non-hydrogen) atoms. The van der Waals surface area contributed by atoms with Crippen LogP contribution in [0.2, 0.25) is 0 Å². The molecule has 0 aromatic heterocycles. The Labute approximate surface area is 113 Å². The molecule has 6 heteroatoms. The number of hydrogen-bond acceptors (Lipinski definition) is 3. The number of likely N-dealkylation sites (N-methyl/N-ethyl adjacent to an activating group) is 1. The van der Waals surface area contributed by atoms with Gasteiger partial charge in [-0.3, -0.25) is 4.90 Å². The Morgan fingerprint density at radius 2 is 1.74 bits per heavy atom. The van der Waals surface area contributed by atoms with Crippen molar-refractivity contribution >= 4 is 0 Å². The van der Waals surface area contributed by atoms with Crippen molar-refractivity contribution < 1.29 is 13.2 Å². The third-order valence-corrected chi connectivity index (χ3v) is 4.09. The molecule has 1 N–H and O–H groups in total. The smallest absolute Gasteiger partial charge is 0.310 e. The lowest BCUT2D eigenvalue weighted by Crippen LogP contribution is -2.52. The van der Waals surface area contributed by atoms with E-state index in [9.17, 15) is 13.2 Å². The molecule has 112 valence electrons. The molecule has 0 amide bonds. The van der Waals surface area contributed by atoms with Gasteiger partial charge in [0.2, 0.25) is 0 Å². The van der Waals surface area contributed by atoms with E-state index in [1.165, 1.54) is 17.7 Å². The van der Waals surface area contributed by atoms with Gasteiger partial charge in [0.1, 0.15) is 0 Å². The van der Waals surface area contributed by atoms with E-state index < -0.39 is 12.7 Å². The molecule has 2 aliphatic heterocycles. The van der Waals surface area contributed by atoms with Crippen LogP contribution < -0.4 is 5.32 Å². The van der Waals surface area contributed by atoms with Gasteiger partial charge in [-0.25, -0.2) is 0 Å². The Morgan fingerprint density at radius 1 is 1.05 bits per heavy atom. The third kappa shape index (κ3) is 5.28. The molecule has 0 aromatic carbocycles. The van der Waals surface area contributed by atoms with E-state index in [0.29, 0.717) is 25.2 Å². The quantitative estimate of drug-likeness (QED) is 0.848. The van der Waals surface area contributed by atoms with Gasteiger partial charge < -0.3 is 10.2 Å². The van der Waals surface area contributed by atoms with Crippen molar-refractivity contribution in [2.24, 2.45) is 0 Å². The first-order chi connectivity index (χ1) is 8.92. The van der Waals surface area contributed by atoms with Crippen LogP contribution in [-0.4, -0.2) is 67.8 Å². The van der Waals surface area contributed by atoms with Crippen LogP contribution in [0.1, 0.15) is 25.7 Å². The minimum atomic E-state index is -4.06. The monoisotopic (exact) mass is 279 g/mol. The van der Waals surface area contributed by atoms with Crippen molar-refractivity contribution in [3.05, 3.63) is 0 Å². The van der Waals surface area contributed by atoms with E-state index in [1.54, 1.807) is 0 Å². The first kappa shape index (κ1) is 15.1. The van der Waals surface area contributed by atoms with E-state index in [4.69, 9.17) is 0 Å². The van der Waals surface area contributed by atoms with Crippen LogP contribution in [0.4, 0.5) is 13.2 Å². The zero-order valence-corrected chi connectivity index (χ0v) is 11.5. The average molecular weight is 279 g/mol. The van der Waals surface area contributed by atoms with Crippen molar-refractivity contribution in [1.82, 2.24) is 15.1 Å². The standard InChI is InChI=1S/C13H24F3N3/c1-18-6-2-3-12(9-18)17-11-4-7-19(8-5-11)10-13(14,15)16/h11-12,17H,2-10H2,1H3. The Kier molecular flexibility index (Phi) is 5.09. The molecule has 2 aliphatic rings. The Morgan fingerprint density at radius 3 is 2.32 bits per heavy atom. The van der Waals surface area contributed by atoms with Gasteiger partial charge in [0, 0.05) is 18.6 Å². The zero-order chi connectivity index (χ0) is 13.9. The molecule has 0 radical (unpaired) electrons. The topological polar surface area (TPSA) is 18.5 Å². The summed E-state index contributed by atoms with van der Waals surface area (Å²) in [5.41, 5.74) is 0. The van der Waals surface area contributed by atoms with Crippen molar-refractivity contribution in [3.63, 3.8) is 0 Å². The van der Waals surface area contributed by atoms with E-state index >= 15 is 0 Å². The van der Waals surface area contributed by atoms with Crippen LogP contribution >= 0.6 is 0 Å². The number of nitrogens with one attached hydrogen (secondary N) is 1. The summed E-state index contributed by atoms with van der Waals surface area (Å²) in [6.45, 7) is 2.57. The van der Waals surface area contributed by atoms with Crippen LogP contribution in [0.3, 0.4) is 0 Å². The predicted molar refractivity (Wildman–Crippen MR) is 69.2 cm³/mol. The van der Waals surface area contributed by atoms with Gasteiger partial charge in [-0.2, -0.15) is 13.2 Å². The highest BCUT2D eigenvalue weighted by Gasteiger charge is 2.33. The van der Waals surface area contributed by atoms with Crippen molar-refractivity contribution in [2.45, 2.75) is 43.9 Å². The molecule has 2 saturated heterocycles. The molecule has 0 aliphatic carbocycles. The van der Waals surface area contributed by atoms with Crippen LogP contribution in [0.25, 0.3) is 0 Å². The molecule has 2 fully saturated rings. The van der Waals surface area contributed by atoms with Crippen LogP contribution in [0.15, 0.2) is 0 Å². The molecule has 1 atom stereocenters. The van der Waals surface area contributed by atoms with Gasteiger partial charge >= 0.3 is 6.18 Å². The van der Waals surface area contributed by atoms with Gasteiger partial charge in [-0.15, -0.1) is 0 Å². The highest BCUT2D eigenvalue weighted by atomic mass is 19.4. The molecular formula is C13H24F3N3. The summed E-state index contributed by atoms with van der Waals surface area (Å²) >= 11 is 0.